The fraction of sp³-hybridized carbons (Fsp3) is 0.381. The molecule has 0 spiro atoms. The van der Waals surface area contributed by atoms with Crippen LogP contribution in [0.2, 0.25) is 0 Å². The summed E-state index contributed by atoms with van der Waals surface area (Å²) in [5.74, 6) is 0.433. The number of nitrogens with one attached hydrogen (secondary N) is 2. The highest BCUT2D eigenvalue weighted by atomic mass is 16.5. The quantitative estimate of drug-likeness (QED) is 0.729. The van der Waals surface area contributed by atoms with Crippen molar-refractivity contribution in [2.24, 2.45) is 5.92 Å². The average Bonchev–Trinajstić information content (AvgIpc) is 2.71. The van der Waals surface area contributed by atoms with Gasteiger partial charge in [0.2, 0.25) is 5.91 Å². The van der Waals surface area contributed by atoms with Crippen LogP contribution in [0, 0.1) is 5.92 Å². The van der Waals surface area contributed by atoms with E-state index in [1.807, 2.05) is 69.2 Å². The zero-order chi connectivity index (χ0) is 20.5. The molecule has 0 saturated heterocycles. The summed E-state index contributed by atoms with van der Waals surface area (Å²) >= 11 is 0. The number of anilines is 2. The van der Waals surface area contributed by atoms with Gasteiger partial charge >= 0.3 is 6.09 Å². The molecule has 0 aliphatic rings. The molecule has 1 aromatic heterocycles. The van der Waals surface area contributed by atoms with E-state index in [4.69, 9.17) is 4.74 Å². The molecule has 0 saturated carbocycles. The van der Waals surface area contributed by atoms with Crippen molar-refractivity contribution in [1.82, 2.24) is 10.3 Å². The van der Waals surface area contributed by atoms with E-state index < -0.39 is 12.1 Å². The largest absolute Gasteiger partial charge is 0.445 e. The zero-order valence-electron chi connectivity index (χ0n) is 16.8. The van der Waals surface area contributed by atoms with Crippen molar-refractivity contribution < 1.29 is 14.3 Å². The lowest BCUT2D eigenvalue weighted by molar-refractivity contribution is -0.119. The molecule has 1 aromatic carbocycles. The van der Waals surface area contributed by atoms with Crippen LogP contribution >= 0.6 is 0 Å². The summed E-state index contributed by atoms with van der Waals surface area (Å²) in [6.07, 6.45) is 1.70. The summed E-state index contributed by atoms with van der Waals surface area (Å²) in [4.78, 5) is 31.1. The average molecular weight is 384 g/mol. The van der Waals surface area contributed by atoms with Crippen molar-refractivity contribution >= 4 is 23.5 Å². The Balaban J connectivity index is 1.97. The molecule has 0 unspecified atom stereocenters. The lowest BCUT2D eigenvalue weighted by atomic mass is 9.98. The maximum Gasteiger partial charge on any atom is 0.408 e. The van der Waals surface area contributed by atoms with Gasteiger partial charge < -0.3 is 20.3 Å². The van der Waals surface area contributed by atoms with E-state index in [0.717, 1.165) is 17.8 Å². The number of carbonyl (C=O) groups excluding carboxylic acids is 2. The molecule has 2 aromatic rings. The number of hydrogen-bond acceptors (Lipinski definition) is 5. The highest BCUT2D eigenvalue weighted by Gasteiger charge is 2.26. The molecule has 2 atom stereocenters. The number of rotatable bonds is 8. The summed E-state index contributed by atoms with van der Waals surface area (Å²) in [6, 6.07) is 12.3. The Hall–Kier alpha value is -3.09. The summed E-state index contributed by atoms with van der Waals surface area (Å²) in [5.41, 5.74) is 1.46. The molecule has 0 fully saturated rings. The molecule has 2 amide bonds. The van der Waals surface area contributed by atoms with Crippen LogP contribution in [0.4, 0.5) is 16.3 Å². The molecule has 7 heteroatoms. The first-order valence-electron chi connectivity index (χ1n) is 9.32. The van der Waals surface area contributed by atoms with Gasteiger partial charge in [0.05, 0.1) is 11.9 Å². The van der Waals surface area contributed by atoms with Gasteiger partial charge in [-0.3, -0.25) is 4.79 Å². The first-order valence-corrected chi connectivity index (χ1v) is 9.32. The first-order chi connectivity index (χ1) is 13.4. The minimum atomic E-state index is -0.707. The van der Waals surface area contributed by atoms with Crippen LogP contribution in [0.3, 0.4) is 0 Å². The molecule has 0 radical (unpaired) electrons. The second kappa shape index (κ2) is 10.3. The lowest BCUT2D eigenvalue weighted by Gasteiger charge is -2.23. The van der Waals surface area contributed by atoms with Gasteiger partial charge in [-0.15, -0.1) is 0 Å². The molecular formula is C21H28N4O3. The number of aromatic nitrogens is 1. The predicted molar refractivity (Wildman–Crippen MR) is 110 cm³/mol. The lowest BCUT2D eigenvalue weighted by Crippen LogP contribution is -2.47. The minimum absolute atomic E-state index is 0.0571. The standard InChI is InChI=1S/C21H28N4O3/c1-5-15(2)19(24-21(27)28-14-16-9-7-6-8-10-16)20(26)23-17-11-12-18(22-13-17)25(3)4/h6-13,15,19H,5,14H2,1-4H3,(H,23,26)(H,24,27)/t15-,19-/m0/s1. The number of nitrogens with zero attached hydrogens (tertiary/aromatic N) is 2. The zero-order valence-corrected chi connectivity index (χ0v) is 16.8. The number of benzene rings is 1. The summed E-state index contributed by atoms with van der Waals surface area (Å²) in [7, 11) is 3.79. The Morgan fingerprint density at radius 2 is 1.86 bits per heavy atom. The maximum absolute atomic E-state index is 12.7. The van der Waals surface area contributed by atoms with Crippen molar-refractivity contribution in [2.75, 3.05) is 24.3 Å². The molecule has 1 heterocycles. The van der Waals surface area contributed by atoms with Crippen molar-refractivity contribution in [1.29, 1.82) is 0 Å². The van der Waals surface area contributed by atoms with E-state index in [1.165, 1.54) is 0 Å². The fourth-order valence-electron chi connectivity index (χ4n) is 2.54. The van der Waals surface area contributed by atoms with E-state index in [0.29, 0.717) is 5.69 Å². The summed E-state index contributed by atoms with van der Waals surface area (Å²) < 4.78 is 5.25. The molecule has 2 N–H and O–H groups in total. The molecule has 28 heavy (non-hydrogen) atoms. The Morgan fingerprint density at radius 1 is 1.14 bits per heavy atom. The van der Waals surface area contributed by atoms with E-state index in [1.54, 1.807) is 12.3 Å². The molecule has 7 nitrogen and oxygen atoms in total. The van der Waals surface area contributed by atoms with Crippen molar-refractivity contribution in [2.45, 2.75) is 32.9 Å². The van der Waals surface area contributed by atoms with Crippen LogP contribution in [-0.4, -0.2) is 37.1 Å². The van der Waals surface area contributed by atoms with Crippen molar-refractivity contribution in [3.05, 3.63) is 54.2 Å². The normalized spacial score (nSPS) is 12.6. The van der Waals surface area contributed by atoms with Gasteiger partial charge in [-0.25, -0.2) is 9.78 Å². The molecular weight excluding hydrogens is 356 g/mol. The van der Waals surface area contributed by atoms with Gasteiger partial charge in [-0.05, 0) is 23.6 Å². The topological polar surface area (TPSA) is 83.6 Å². The maximum atomic E-state index is 12.7. The number of hydrogen-bond donors (Lipinski definition) is 2. The third-order valence-corrected chi connectivity index (χ3v) is 4.46. The number of ether oxygens (including phenoxy) is 1. The van der Waals surface area contributed by atoms with Gasteiger partial charge in [-0.1, -0.05) is 50.6 Å². The van der Waals surface area contributed by atoms with Crippen LogP contribution in [-0.2, 0) is 16.1 Å². The first kappa shape index (κ1) is 21.2. The monoisotopic (exact) mass is 384 g/mol. The van der Waals surface area contributed by atoms with Crippen LogP contribution in [0.1, 0.15) is 25.8 Å². The summed E-state index contributed by atoms with van der Waals surface area (Å²) in [6.45, 7) is 4.03. The molecule has 0 aliphatic heterocycles. The number of amides is 2. The van der Waals surface area contributed by atoms with Crippen LogP contribution in [0.25, 0.3) is 0 Å². The molecule has 0 aliphatic carbocycles. The molecule has 0 bridgehead atoms. The van der Waals surface area contributed by atoms with Crippen molar-refractivity contribution in [3.8, 4) is 0 Å². The highest BCUT2D eigenvalue weighted by Crippen LogP contribution is 2.15. The van der Waals surface area contributed by atoms with Crippen LogP contribution in [0.15, 0.2) is 48.7 Å². The van der Waals surface area contributed by atoms with Gasteiger partial charge in [0.15, 0.2) is 0 Å². The van der Waals surface area contributed by atoms with Gasteiger partial charge in [0, 0.05) is 14.1 Å². The van der Waals surface area contributed by atoms with Crippen LogP contribution < -0.4 is 15.5 Å². The van der Waals surface area contributed by atoms with E-state index in [-0.39, 0.29) is 18.4 Å². The fourth-order valence-corrected chi connectivity index (χ4v) is 2.54. The number of alkyl carbamates (subject to hydrolysis) is 1. The van der Waals surface area contributed by atoms with E-state index >= 15 is 0 Å². The Kier molecular flexibility index (Phi) is 7.80. The highest BCUT2D eigenvalue weighted by molar-refractivity contribution is 5.96. The smallest absolute Gasteiger partial charge is 0.408 e. The minimum Gasteiger partial charge on any atom is -0.445 e. The molecule has 150 valence electrons. The van der Waals surface area contributed by atoms with Gasteiger partial charge in [0.1, 0.15) is 18.5 Å². The van der Waals surface area contributed by atoms with E-state index in [2.05, 4.69) is 15.6 Å². The van der Waals surface area contributed by atoms with Crippen molar-refractivity contribution in [3.63, 3.8) is 0 Å². The predicted octanol–water partition coefficient (Wildman–Crippen LogP) is 3.43. The SMILES string of the molecule is CC[C@H](C)[C@H](NC(=O)OCc1ccccc1)C(=O)Nc1ccc(N(C)C)nc1. The third kappa shape index (κ3) is 6.26. The second-order valence-electron chi connectivity index (χ2n) is 6.86. The Morgan fingerprint density at radius 3 is 2.43 bits per heavy atom. The molecule has 2 rings (SSSR count). The van der Waals surface area contributed by atoms with Crippen LogP contribution in [0.5, 0.6) is 0 Å². The third-order valence-electron chi connectivity index (χ3n) is 4.46. The Labute approximate surface area is 166 Å². The number of pyridine rings is 1. The number of carbonyl (C=O) groups is 2. The van der Waals surface area contributed by atoms with E-state index in [9.17, 15) is 9.59 Å². The Bertz CT molecular complexity index is 763. The van der Waals surface area contributed by atoms with Gasteiger partial charge in [-0.2, -0.15) is 0 Å². The summed E-state index contributed by atoms with van der Waals surface area (Å²) in [5, 5.41) is 5.50. The second-order valence-corrected chi connectivity index (χ2v) is 6.86. The van der Waals surface area contributed by atoms with Gasteiger partial charge in [0.25, 0.3) is 0 Å².